The van der Waals surface area contributed by atoms with Crippen molar-refractivity contribution in [3.63, 3.8) is 0 Å². The van der Waals surface area contributed by atoms with Crippen LogP contribution >= 0.6 is 23.2 Å². The quantitative estimate of drug-likeness (QED) is 0.866. The smallest absolute Gasteiger partial charge is 0.131 e. The molecule has 4 heteroatoms. The normalized spacial score (nSPS) is 10.6. The molecule has 0 atom stereocenters. The molecule has 0 aliphatic carbocycles. The lowest BCUT2D eigenvalue weighted by atomic mass is 9.99. The maximum Gasteiger partial charge on any atom is 0.131 e. The lowest BCUT2D eigenvalue weighted by Crippen LogP contribution is -2.00. The summed E-state index contributed by atoms with van der Waals surface area (Å²) in [5.74, 6) is -0.328. The molecule has 0 aliphatic rings. The van der Waals surface area contributed by atoms with Crippen molar-refractivity contribution in [2.24, 2.45) is 5.73 Å². The van der Waals surface area contributed by atoms with Crippen molar-refractivity contribution in [2.45, 2.75) is 6.54 Å². The molecule has 0 amide bonds. The van der Waals surface area contributed by atoms with Gasteiger partial charge in [0.05, 0.1) is 0 Å². The van der Waals surface area contributed by atoms with E-state index < -0.39 is 0 Å². The number of halogens is 3. The van der Waals surface area contributed by atoms with Crippen molar-refractivity contribution in [2.75, 3.05) is 0 Å². The fourth-order valence-corrected chi connectivity index (χ4v) is 2.29. The predicted molar refractivity (Wildman–Crippen MR) is 69.7 cm³/mol. The first kappa shape index (κ1) is 12.4. The lowest BCUT2D eigenvalue weighted by Gasteiger charge is -2.10. The second kappa shape index (κ2) is 5.05. The van der Waals surface area contributed by atoms with Gasteiger partial charge in [-0.25, -0.2) is 4.39 Å². The molecule has 0 unspecified atom stereocenters. The van der Waals surface area contributed by atoms with Crippen LogP contribution in [0.1, 0.15) is 5.56 Å². The Hall–Kier alpha value is -1.09. The van der Waals surface area contributed by atoms with Gasteiger partial charge in [0.2, 0.25) is 0 Å². The average molecular weight is 270 g/mol. The molecule has 0 aliphatic heterocycles. The van der Waals surface area contributed by atoms with E-state index >= 15 is 0 Å². The lowest BCUT2D eigenvalue weighted by molar-refractivity contribution is 0.629. The van der Waals surface area contributed by atoms with Gasteiger partial charge >= 0.3 is 0 Å². The monoisotopic (exact) mass is 269 g/mol. The van der Waals surface area contributed by atoms with E-state index in [1.807, 2.05) is 0 Å². The summed E-state index contributed by atoms with van der Waals surface area (Å²) in [6.45, 7) is 0.261. The van der Waals surface area contributed by atoms with Gasteiger partial charge in [0.1, 0.15) is 5.82 Å². The summed E-state index contributed by atoms with van der Waals surface area (Å²) in [6.07, 6.45) is 0. The maximum absolute atomic E-state index is 13.8. The third-order valence-corrected chi connectivity index (χ3v) is 2.91. The molecule has 2 rings (SSSR count). The summed E-state index contributed by atoms with van der Waals surface area (Å²) in [5.41, 5.74) is 7.42. The molecule has 0 fully saturated rings. The number of rotatable bonds is 2. The Labute approximate surface area is 109 Å². The molecular formula is C13H10Cl2FN. The second-order valence-corrected chi connectivity index (χ2v) is 4.51. The first-order valence-corrected chi connectivity index (χ1v) is 5.81. The van der Waals surface area contributed by atoms with Gasteiger partial charge in [0.25, 0.3) is 0 Å². The molecule has 0 aromatic heterocycles. The first-order valence-electron chi connectivity index (χ1n) is 5.05. The van der Waals surface area contributed by atoms with Crippen molar-refractivity contribution in [3.05, 3.63) is 57.8 Å². The Morgan fingerprint density at radius 3 is 2.29 bits per heavy atom. The zero-order valence-electron chi connectivity index (χ0n) is 8.88. The highest BCUT2D eigenvalue weighted by molar-refractivity contribution is 6.35. The molecule has 0 heterocycles. The SMILES string of the molecule is NCc1cccc(F)c1-c1cc(Cl)cc(Cl)c1. The highest BCUT2D eigenvalue weighted by atomic mass is 35.5. The molecule has 17 heavy (non-hydrogen) atoms. The van der Waals surface area contributed by atoms with Gasteiger partial charge in [-0.3, -0.25) is 0 Å². The van der Waals surface area contributed by atoms with Crippen molar-refractivity contribution in [1.29, 1.82) is 0 Å². The summed E-state index contributed by atoms with van der Waals surface area (Å²) < 4.78 is 13.8. The fourth-order valence-electron chi connectivity index (χ4n) is 1.76. The topological polar surface area (TPSA) is 26.0 Å². The summed E-state index contributed by atoms with van der Waals surface area (Å²) in [7, 11) is 0. The van der Waals surface area contributed by atoms with Crippen LogP contribution in [0, 0.1) is 5.82 Å². The molecule has 0 radical (unpaired) electrons. The van der Waals surface area contributed by atoms with Gasteiger partial charge in [-0.15, -0.1) is 0 Å². The van der Waals surface area contributed by atoms with Gasteiger partial charge in [0, 0.05) is 22.2 Å². The maximum atomic E-state index is 13.8. The summed E-state index contributed by atoms with van der Waals surface area (Å²) in [6, 6.07) is 9.76. The molecule has 0 saturated heterocycles. The Balaban J connectivity index is 2.67. The minimum Gasteiger partial charge on any atom is -0.326 e. The Morgan fingerprint density at radius 1 is 1.06 bits per heavy atom. The third kappa shape index (κ3) is 2.60. The fraction of sp³-hybridized carbons (Fsp3) is 0.0769. The van der Waals surface area contributed by atoms with E-state index in [1.165, 1.54) is 6.07 Å². The highest BCUT2D eigenvalue weighted by Crippen LogP contribution is 2.31. The Morgan fingerprint density at radius 2 is 1.71 bits per heavy atom. The molecule has 88 valence electrons. The van der Waals surface area contributed by atoms with Crippen LogP contribution in [0.15, 0.2) is 36.4 Å². The molecule has 2 N–H and O–H groups in total. The number of hydrogen-bond donors (Lipinski definition) is 1. The molecule has 0 saturated carbocycles. The van der Waals surface area contributed by atoms with Crippen molar-refractivity contribution >= 4 is 23.2 Å². The van der Waals surface area contributed by atoms with Crippen LogP contribution in [0.3, 0.4) is 0 Å². The highest BCUT2D eigenvalue weighted by Gasteiger charge is 2.11. The molecule has 2 aromatic carbocycles. The van der Waals surface area contributed by atoms with Gasteiger partial charge < -0.3 is 5.73 Å². The largest absolute Gasteiger partial charge is 0.326 e. The minimum atomic E-state index is -0.328. The van der Waals surface area contributed by atoms with Gasteiger partial charge in [0.15, 0.2) is 0 Å². The first-order chi connectivity index (χ1) is 8.11. The van der Waals surface area contributed by atoms with E-state index in [-0.39, 0.29) is 12.4 Å². The summed E-state index contributed by atoms with van der Waals surface area (Å²) in [4.78, 5) is 0. The summed E-state index contributed by atoms with van der Waals surface area (Å²) >= 11 is 11.8. The van der Waals surface area contributed by atoms with Crippen molar-refractivity contribution in [3.8, 4) is 11.1 Å². The van der Waals surface area contributed by atoms with Gasteiger partial charge in [-0.05, 0) is 35.4 Å². The second-order valence-electron chi connectivity index (χ2n) is 3.64. The van der Waals surface area contributed by atoms with Crippen molar-refractivity contribution in [1.82, 2.24) is 0 Å². The van der Waals surface area contributed by atoms with E-state index in [4.69, 9.17) is 28.9 Å². The van der Waals surface area contributed by atoms with E-state index in [2.05, 4.69) is 0 Å². The van der Waals surface area contributed by atoms with Crippen molar-refractivity contribution < 1.29 is 4.39 Å². The summed E-state index contributed by atoms with van der Waals surface area (Å²) in [5, 5.41) is 0.942. The van der Waals surface area contributed by atoms with Crippen LogP contribution in [0.4, 0.5) is 4.39 Å². The van der Waals surface area contributed by atoms with Crippen LogP contribution in [-0.2, 0) is 6.54 Å². The zero-order valence-corrected chi connectivity index (χ0v) is 10.4. The zero-order chi connectivity index (χ0) is 12.4. The van der Waals surface area contributed by atoms with E-state index in [9.17, 15) is 4.39 Å². The molecule has 0 spiro atoms. The van der Waals surface area contributed by atoms with Crippen LogP contribution in [0.25, 0.3) is 11.1 Å². The van der Waals surface area contributed by atoms with Crippen LogP contribution in [0.2, 0.25) is 10.0 Å². The average Bonchev–Trinajstić information content (AvgIpc) is 2.27. The minimum absolute atomic E-state index is 0.261. The standard InChI is InChI=1S/C13H10Cl2FN/c14-10-4-9(5-11(15)6-10)13-8(7-17)2-1-3-12(13)16/h1-6H,7,17H2. The molecule has 2 aromatic rings. The molecule has 0 bridgehead atoms. The van der Waals surface area contributed by atoms with E-state index in [0.29, 0.717) is 21.2 Å². The van der Waals surface area contributed by atoms with Crippen LogP contribution in [0.5, 0.6) is 0 Å². The molecular weight excluding hydrogens is 260 g/mol. The Bertz CT molecular complexity index is 535. The molecule has 1 nitrogen and oxygen atoms in total. The van der Waals surface area contributed by atoms with Gasteiger partial charge in [-0.1, -0.05) is 35.3 Å². The van der Waals surface area contributed by atoms with E-state index in [0.717, 1.165) is 5.56 Å². The Kier molecular flexibility index (Phi) is 3.67. The number of benzene rings is 2. The van der Waals surface area contributed by atoms with Crippen LogP contribution in [-0.4, -0.2) is 0 Å². The predicted octanol–water partition coefficient (Wildman–Crippen LogP) is 4.26. The number of nitrogens with two attached hydrogens (primary N) is 1. The third-order valence-electron chi connectivity index (χ3n) is 2.47. The van der Waals surface area contributed by atoms with E-state index in [1.54, 1.807) is 30.3 Å². The van der Waals surface area contributed by atoms with Gasteiger partial charge in [-0.2, -0.15) is 0 Å². The number of hydrogen-bond acceptors (Lipinski definition) is 1. The van der Waals surface area contributed by atoms with Crippen LogP contribution < -0.4 is 5.73 Å².